The molecule has 0 bridgehead atoms. The molecule has 0 saturated carbocycles. The number of nitrogens with zero attached hydrogens (tertiary/aromatic N) is 5. The van der Waals surface area contributed by atoms with E-state index in [1.807, 2.05) is 16.7 Å². The smallest absolute Gasteiger partial charge is 0.191 e. The summed E-state index contributed by atoms with van der Waals surface area (Å²) < 4.78 is 7.42. The molecular weight excluding hydrogens is 314 g/mol. The molecule has 0 spiro atoms. The number of aliphatic hydroxyl groups is 1. The maximum Gasteiger partial charge on any atom is 0.191 e. The average Bonchev–Trinajstić information content (AvgIpc) is 3.23. The van der Waals surface area contributed by atoms with Gasteiger partial charge in [0.15, 0.2) is 11.0 Å². The molecule has 0 amide bonds. The number of hydrogen-bond donors (Lipinski definition) is 1. The van der Waals surface area contributed by atoms with E-state index in [9.17, 15) is 0 Å². The molecule has 0 atom stereocenters. The van der Waals surface area contributed by atoms with Crippen molar-refractivity contribution in [3.8, 4) is 11.5 Å². The SMILES string of the molecule is OCCCCSc1nnc(-c2cnccn2)n1Cc1ccco1. The minimum atomic E-state index is 0.213. The Hall–Kier alpha value is -2.19. The van der Waals surface area contributed by atoms with Gasteiger partial charge in [-0.1, -0.05) is 11.8 Å². The highest BCUT2D eigenvalue weighted by molar-refractivity contribution is 7.99. The number of rotatable bonds is 8. The van der Waals surface area contributed by atoms with E-state index in [-0.39, 0.29) is 6.61 Å². The Morgan fingerprint density at radius 1 is 1.22 bits per heavy atom. The largest absolute Gasteiger partial charge is 0.467 e. The second-order valence-corrected chi connectivity index (χ2v) is 5.90. The third kappa shape index (κ3) is 3.96. The van der Waals surface area contributed by atoms with Crippen LogP contribution in [-0.2, 0) is 6.54 Å². The summed E-state index contributed by atoms with van der Waals surface area (Å²) >= 11 is 1.61. The van der Waals surface area contributed by atoms with Crippen LogP contribution in [0, 0.1) is 0 Å². The van der Waals surface area contributed by atoms with E-state index in [1.165, 1.54) is 0 Å². The monoisotopic (exact) mass is 331 g/mol. The van der Waals surface area contributed by atoms with Crippen LogP contribution < -0.4 is 0 Å². The van der Waals surface area contributed by atoms with Crippen LogP contribution in [0.5, 0.6) is 0 Å². The van der Waals surface area contributed by atoms with E-state index in [0.717, 1.165) is 29.5 Å². The second-order valence-electron chi connectivity index (χ2n) is 4.84. The zero-order chi connectivity index (χ0) is 15.9. The summed E-state index contributed by atoms with van der Waals surface area (Å²) in [5.74, 6) is 2.36. The first-order valence-electron chi connectivity index (χ1n) is 7.34. The first-order valence-corrected chi connectivity index (χ1v) is 8.32. The lowest BCUT2D eigenvalue weighted by molar-refractivity contribution is 0.287. The summed E-state index contributed by atoms with van der Waals surface area (Å²) in [4.78, 5) is 8.40. The Labute approximate surface area is 137 Å². The third-order valence-corrected chi connectivity index (χ3v) is 4.24. The molecule has 0 unspecified atom stereocenters. The Bertz CT molecular complexity index is 715. The number of unbranched alkanes of at least 4 members (excludes halogenated alkanes) is 1. The van der Waals surface area contributed by atoms with Crippen molar-refractivity contribution >= 4 is 11.8 Å². The molecule has 3 aromatic rings. The van der Waals surface area contributed by atoms with Crippen molar-refractivity contribution < 1.29 is 9.52 Å². The van der Waals surface area contributed by atoms with Crippen LogP contribution >= 0.6 is 11.8 Å². The summed E-state index contributed by atoms with van der Waals surface area (Å²) in [5.41, 5.74) is 0.675. The molecule has 0 radical (unpaired) electrons. The van der Waals surface area contributed by atoms with Gasteiger partial charge in [0.1, 0.15) is 11.5 Å². The van der Waals surface area contributed by atoms with Crippen LogP contribution in [0.1, 0.15) is 18.6 Å². The first kappa shape index (κ1) is 15.7. The van der Waals surface area contributed by atoms with Crippen LogP contribution in [0.2, 0.25) is 0 Å². The highest BCUT2D eigenvalue weighted by Crippen LogP contribution is 2.24. The van der Waals surface area contributed by atoms with E-state index in [0.29, 0.717) is 18.1 Å². The van der Waals surface area contributed by atoms with Crippen LogP contribution in [-0.4, -0.2) is 42.2 Å². The molecule has 0 aliphatic rings. The van der Waals surface area contributed by atoms with Crippen molar-refractivity contribution in [3.05, 3.63) is 42.7 Å². The third-order valence-electron chi connectivity index (χ3n) is 3.19. The Morgan fingerprint density at radius 3 is 2.91 bits per heavy atom. The summed E-state index contributed by atoms with van der Waals surface area (Å²) in [6.45, 7) is 0.749. The van der Waals surface area contributed by atoms with Crippen LogP contribution in [0.15, 0.2) is 46.6 Å². The fourth-order valence-corrected chi connectivity index (χ4v) is 3.01. The van der Waals surface area contributed by atoms with Gasteiger partial charge in [-0.2, -0.15) is 0 Å². The molecule has 0 aliphatic carbocycles. The standard InChI is InChI=1S/C15H17N5O2S/c21-7-1-2-9-23-15-19-18-14(13-10-16-5-6-17-13)20(15)11-12-4-3-8-22-12/h3-6,8,10,21H,1-2,7,9,11H2. The van der Waals surface area contributed by atoms with E-state index in [2.05, 4.69) is 20.2 Å². The number of thioether (sulfide) groups is 1. The van der Waals surface area contributed by atoms with E-state index >= 15 is 0 Å². The van der Waals surface area contributed by atoms with Gasteiger partial charge in [-0.25, -0.2) is 4.98 Å². The molecule has 0 aromatic carbocycles. The lowest BCUT2D eigenvalue weighted by Crippen LogP contribution is -2.04. The minimum absolute atomic E-state index is 0.213. The van der Waals surface area contributed by atoms with Crippen LogP contribution in [0.4, 0.5) is 0 Å². The van der Waals surface area contributed by atoms with Gasteiger partial charge in [0.2, 0.25) is 0 Å². The first-order chi connectivity index (χ1) is 11.4. The van der Waals surface area contributed by atoms with Crippen molar-refractivity contribution in [2.45, 2.75) is 24.5 Å². The van der Waals surface area contributed by atoms with Gasteiger partial charge in [0.25, 0.3) is 0 Å². The van der Waals surface area contributed by atoms with Crippen molar-refractivity contribution in [2.24, 2.45) is 0 Å². The summed E-state index contributed by atoms with van der Waals surface area (Å²) in [6, 6.07) is 3.77. The zero-order valence-electron chi connectivity index (χ0n) is 12.5. The molecule has 3 aromatic heterocycles. The van der Waals surface area contributed by atoms with Crippen molar-refractivity contribution in [1.82, 2.24) is 24.7 Å². The molecule has 7 nitrogen and oxygen atoms in total. The average molecular weight is 331 g/mol. The van der Waals surface area contributed by atoms with Gasteiger partial charge in [-0.3, -0.25) is 9.55 Å². The quantitative estimate of drug-likeness (QED) is 0.500. The molecule has 0 saturated heterocycles. The van der Waals surface area contributed by atoms with Gasteiger partial charge >= 0.3 is 0 Å². The maximum absolute atomic E-state index is 8.87. The van der Waals surface area contributed by atoms with E-state index in [1.54, 1.807) is 36.6 Å². The van der Waals surface area contributed by atoms with Gasteiger partial charge in [-0.15, -0.1) is 10.2 Å². The summed E-state index contributed by atoms with van der Waals surface area (Å²) in [6.07, 6.45) is 8.29. The fourth-order valence-electron chi connectivity index (χ4n) is 2.08. The molecule has 8 heteroatoms. The van der Waals surface area contributed by atoms with Gasteiger partial charge in [0, 0.05) is 24.8 Å². The van der Waals surface area contributed by atoms with Crippen LogP contribution in [0.3, 0.4) is 0 Å². The summed E-state index contributed by atoms with van der Waals surface area (Å²) in [5, 5.41) is 18.2. The zero-order valence-corrected chi connectivity index (χ0v) is 13.3. The van der Waals surface area contributed by atoms with Crippen molar-refractivity contribution in [2.75, 3.05) is 12.4 Å². The lowest BCUT2D eigenvalue weighted by atomic mass is 10.4. The van der Waals surface area contributed by atoms with Crippen molar-refractivity contribution in [3.63, 3.8) is 0 Å². The fraction of sp³-hybridized carbons (Fsp3) is 0.333. The number of aromatic nitrogens is 5. The lowest BCUT2D eigenvalue weighted by Gasteiger charge is -2.08. The number of hydrogen-bond acceptors (Lipinski definition) is 7. The summed E-state index contributed by atoms with van der Waals surface area (Å²) in [7, 11) is 0. The number of aliphatic hydroxyl groups excluding tert-OH is 1. The minimum Gasteiger partial charge on any atom is -0.467 e. The van der Waals surface area contributed by atoms with E-state index in [4.69, 9.17) is 9.52 Å². The highest BCUT2D eigenvalue weighted by atomic mass is 32.2. The predicted molar refractivity (Wildman–Crippen MR) is 85.9 cm³/mol. The normalized spacial score (nSPS) is 11.0. The molecule has 1 N–H and O–H groups in total. The molecule has 3 rings (SSSR count). The molecule has 120 valence electrons. The van der Waals surface area contributed by atoms with Crippen LogP contribution in [0.25, 0.3) is 11.5 Å². The topological polar surface area (TPSA) is 89.9 Å². The second kappa shape index (κ2) is 7.89. The van der Waals surface area contributed by atoms with Gasteiger partial charge in [-0.05, 0) is 25.0 Å². The maximum atomic E-state index is 8.87. The molecule has 3 heterocycles. The van der Waals surface area contributed by atoms with Gasteiger partial charge < -0.3 is 9.52 Å². The van der Waals surface area contributed by atoms with E-state index < -0.39 is 0 Å². The number of furan rings is 1. The predicted octanol–water partition coefficient (Wildman–Crippen LogP) is 2.24. The Kier molecular flexibility index (Phi) is 5.38. The van der Waals surface area contributed by atoms with Gasteiger partial charge in [0.05, 0.1) is 19.0 Å². The molecule has 0 fully saturated rings. The molecule has 23 heavy (non-hydrogen) atoms. The molecular formula is C15H17N5O2S. The molecule has 0 aliphatic heterocycles. The van der Waals surface area contributed by atoms with Crippen molar-refractivity contribution in [1.29, 1.82) is 0 Å². The Morgan fingerprint density at radius 2 is 2.17 bits per heavy atom. The Balaban J connectivity index is 1.85. The highest BCUT2D eigenvalue weighted by Gasteiger charge is 2.16.